The summed E-state index contributed by atoms with van der Waals surface area (Å²) < 4.78 is 1.96. The standard InChI is InChI=1S/C16H22N4/c1-12-8-19(11-16(12)17)9-14-10-20(18-13(14)2)15-6-4-3-5-7-15/h3-7,10,12,16H,8-9,11,17H2,1-2H3. The van der Waals surface area contributed by atoms with Crippen molar-refractivity contribution >= 4 is 0 Å². The first-order valence-corrected chi connectivity index (χ1v) is 7.22. The van der Waals surface area contributed by atoms with Gasteiger partial charge in [-0.1, -0.05) is 25.1 Å². The second kappa shape index (κ2) is 5.38. The van der Waals surface area contributed by atoms with Crippen molar-refractivity contribution in [2.24, 2.45) is 11.7 Å². The van der Waals surface area contributed by atoms with Gasteiger partial charge in [-0.15, -0.1) is 0 Å². The fourth-order valence-corrected chi connectivity index (χ4v) is 2.83. The summed E-state index contributed by atoms with van der Waals surface area (Å²) in [6.45, 7) is 7.31. The Morgan fingerprint density at radius 1 is 1.25 bits per heavy atom. The molecular formula is C16H22N4. The van der Waals surface area contributed by atoms with Gasteiger partial charge < -0.3 is 5.73 Å². The minimum atomic E-state index is 0.305. The zero-order valence-corrected chi connectivity index (χ0v) is 12.2. The Kier molecular flexibility index (Phi) is 3.59. The normalized spacial score (nSPS) is 23.4. The summed E-state index contributed by atoms with van der Waals surface area (Å²) in [6, 6.07) is 10.5. The third-order valence-corrected chi connectivity index (χ3v) is 4.16. The molecule has 2 atom stereocenters. The quantitative estimate of drug-likeness (QED) is 0.927. The number of likely N-dealkylation sites (tertiary alicyclic amines) is 1. The molecule has 2 heterocycles. The van der Waals surface area contributed by atoms with Crippen molar-refractivity contribution in [3.05, 3.63) is 47.8 Å². The Labute approximate surface area is 120 Å². The van der Waals surface area contributed by atoms with E-state index in [0.717, 1.165) is 31.0 Å². The molecule has 4 heteroatoms. The average Bonchev–Trinajstić information content (AvgIpc) is 2.95. The highest BCUT2D eigenvalue weighted by atomic mass is 15.3. The number of nitrogens with zero attached hydrogens (tertiary/aromatic N) is 3. The lowest BCUT2D eigenvalue weighted by Crippen LogP contribution is -2.28. The van der Waals surface area contributed by atoms with E-state index in [1.54, 1.807) is 0 Å². The van der Waals surface area contributed by atoms with E-state index in [9.17, 15) is 0 Å². The van der Waals surface area contributed by atoms with Crippen LogP contribution in [0.5, 0.6) is 0 Å². The number of hydrogen-bond donors (Lipinski definition) is 1. The highest BCUT2D eigenvalue weighted by Crippen LogP contribution is 2.19. The molecular weight excluding hydrogens is 248 g/mol. The molecule has 1 aliphatic heterocycles. The molecule has 0 spiro atoms. The van der Waals surface area contributed by atoms with Crippen LogP contribution in [-0.4, -0.2) is 33.8 Å². The Balaban J connectivity index is 1.77. The number of hydrogen-bond acceptors (Lipinski definition) is 3. The second-order valence-corrected chi connectivity index (χ2v) is 5.86. The van der Waals surface area contributed by atoms with Crippen LogP contribution in [0.25, 0.3) is 5.69 Å². The zero-order valence-electron chi connectivity index (χ0n) is 12.2. The lowest BCUT2D eigenvalue weighted by atomic mass is 10.1. The van der Waals surface area contributed by atoms with Gasteiger partial charge in [-0.3, -0.25) is 4.90 Å². The number of rotatable bonds is 3. The maximum Gasteiger partial charge on any atom is 0.0645 e. The Morgan fingerprint density at radius 3 is 2.65 bits per heavy atom. The monoisotopic (exact) mass is 270 g/mol. The number of aromatic nitrogens is 2. The Bertz CT molecular complexity index is 565. The summed E-state index contributed by atoms with van der Waals surface area (Å²) in [4.78, 5) is 2.43. The average molecular weight is 270 g/mol. The van der Waals surface area contributed by atoms with Gasteiger partial charge in [0, 0.05) is 37.4 Å². The molecule has 0 bridgehead atoms. The van der Waals surface area contributed by atoms with Crippen molar-refractivity contribution in [1.29, 1.82) is 0 Å². The molecule has 0 amide bonds. The van der Waals surface area contributed by atoms with Crippen LogP contribution in [0.4, 0.5) is 0 Å². The van der Waals surface area contributed by atoms with Gasteiger partial charge in [-0.05, 0) is 25.0 Å². The molecule has 106 valence electrons. The van der Waals surface area contributed by atoms with Crippen LogP contribution in [0.15, 0.2) is 36.5 Å². The molecule has 2 aromatic rings. The molecule has 0 aliphatic carbocycles. The van der Waals surface area contributed by atoms with E-state index >= 15 is 0 Å². The fraction of sp³-hybridized carbons (Fsp3) is 0.438. The van der Waals surface area contributed by atoms with Crippen molar-refractivity contribution in [3.63, 3.8) is 0 Å². The summed E-state index contributed by atoms with van der Waals surface area (Å²) in [6.07, 6.45) is 2.14. The van der Waals surface area contributed by atoms with Crippen LogP contribution in [0, 0.1) is 12.8 Å². The van der Waals surface area contributed by atoms with E-state index in [0.29, 0.717) is 12.0 Å². The highest BCUT2D eigenvalue weighted by Gasteiger charge is 2.27. The molecule has 20 heavy (non-hydrogen) atoms. The van der Waals surface area contributed by atoms with Crippen molar-refractivity contribution in [1.82, 2.24) is 14.7 Å². The summed E-state index contributed by atoms with van der Waals surface area (Å²) in [5, 5.41) is 4.62. The first kappa shape index (κ1) is 13.3. The smallest absolute Gasteiger partial charge is 0.0645 e. The lowest BCUT2D eigenvalue weighted by molar-refractivity contribution is 0.318. The topological polar surface area (TPSA) is 47.1 Å². The van der Waals surface area contributed by atoms with Crippen LogP contribution in [0.1, 0.15) is 18.2 Å². The predicted octanol–water partition coefficient (Wildman–Crippen LogP) is 1.96. The third-order valence-electron chi connectivity index (χ3n) is 4.16. The van der Waals surface area contributed by atoms with Gasteiger partial charge in [0.25, 0.3) is 0 Å². The number of para-hydroxylation sites is 1. The largest absolute Gasteiger partial charge is 0.326 e. The van der Waals surface area contributed by atoms with E-state index in [1.807, 2.05) is 22.9 Å². The van der Waals surface area contributed by atoms with Crippen molar-refractivity contribution in [2.45, 2.75) is 26.4 Å². The molecule has 0 saturated carbocycles. The van der Waals surface area contributed by atoms with E-state index in [2.05, 4.69) is 42.2 Å². The summed E-state index contributed by atoms with van der Waals surface area (Å²) in [7, 11) is 0. The molecule has 1 aromatic carbocycles. The molecule has 1 aromatic heterocycles. The number of aryl methyl sites for hydroxylation is 1. The van der Waals surface area contributed by atoms with Crippen molar-refractivity contribution in [2.75, 3.05) is 13.1 Å². The minimum absolute atomic E-state index is 0.305. The minimum Gasteiger partial charge on any atom is -0.326 e. The highest BCUT2D eigenvalue weighted by molar-refractivity contribution is 5.32. The zero-order chi connectivity index (χ0) is 14.1. The van der Waals surface area contributed by atoms with E-state index < -0.39 is 0 Å². The molecule has 4 nitrogen and oxygen atoms in total. The molecule has 1 fully saturated rings. The van der Waals surface area contributed by atoms with E-state index in [-0.39, 0.29) is 0 Å². The Morgan fingerprint density at radius 2 is 2.00 bits per heavy atom. The van der Waals surface area contributed by atoms with E-state index in [4.69, 9.17) is 5.73 Å². The molecule has 2 N–H and O–H groups in total. The van der Waals surface area contributed by atoms with Gasteiger partial charge in [-0.25, -0.2) is 4.68 Å². The predicted molar refractivity (Wildman–Crippen MR) is 80.7 cm³/mol. The van der Waals surface area contributed by atoms with Gasteiger partial charge >= 0.3 is 0 Å². The van der Waals surface area contributed by atoms with E-state index in [1.165, 1.54) is 5.56 Å². The maximum atomic E-state index is 6.09. The van der Waals surface area contributed by atoms with Gasteiger partial charge in [0.15, 0.2) is 0 Å². The molecule has 1 saturated heterocycles. The summed E-state index contributed by atoms with van der Waals surface area (Å²) in [5.41, 5.74) is 9.59. The summed E-state index contributed by atoms with van der Waals surface area (Å²) in [5.74, 6) is 0.583. The lowest BCUT2D eigenvalue weighted by Gasteiger charge is -2.14. The SMILES string of the molecule is Cc1nn(-c2ccccc2)cc1CN1CC(C)C(N)C1. The van der Waals surface area contributed by atoms with Gasteiger partial charge in [0.2, 0.25) is 0 Å². The molecule has 2 unspecified atom stereocenters. The van der Waals surface area contributed by atoms with Gasteiger partial charge in [-0.2, -0.15) is 5.10 Å². The molecule has 3 rings (SSSR count). The number of benzene rings is 1. The van der Waals surface area contributed by atoms with Crippen LogP contribution < -0.4 is 5.73 Å². The fourth-order valence-electron chi connectivity index (χ4n) is 2.83. The Hall–Kier alpha value is -1.65. The third kappa shape index (κ3) is 2.62. The summed E-state index contributed by atoms with van der Waals surface area (Å²) >= 11 is 0. The first-order chi connectivity index (χ1) is 9.63. The molecule has 0 radical (unpaired) electrons. The van der Waals surface area contributed by atoms with Crippen LogP contribution in [-0.2, 0) is 6.54 Å². The molecule has 1 aliphatic rings. The first-order valence-electron chi connectivity index (χ1n) is 7.22. The van der Waals surface area contributed by atoms with Crippen LogP contribution >= 0.6 is 0 Å². The maximum absolute atomic E-state index is 6.09. The number of nitrogens with two attached hydrogens (primary N) is 1. The van der Waals surface area contributed by atoms with Crippen LogP contribution in [0.3, 0.4) is 0 Å². The van der Waals surface area contributed by atoms with Gasteiger partial charge in [0.05, 0.1) is 11.4 Å². The van der Waals surface area contributed by atoms with Crippen molar-refractivity contribution in [3.8, 4) is 5.69 Å². The van der Waals surface area contributed by atoms with Gasteiger partial charge in [0.1, 0.15) is 0 Å². The van der Waals surface area contributed by atoms with Crippen LogP contribution in [0.2, 0.25) is 0 Å². The second-order valence-electron chi connectivity index (χ2n) is 5.86. The van der Waals surface area contributed by atoms with Crippen molar-refractivity contribution < 1.29 is 0 Å².